The second-order valence-electron chi connectivity index (χ2n) is 3.43. The van der Waals surface area contributed by atoms with Gasteiger partial charge in [0.15, 0.2) is 5.78 Å². The molecule has 84 valence electrons. The largest absolute Gasteiger partial charge is 0.371 e. The average molecular weight is 211 g/mol. The van der Waals surface area contributed by atoms with E-state index in [0.29, 0.717) is 6.61 Å². The van der Waals surface area contributed by atoms with Crippen molar-refractivity contribution in [2.24, 2.45) is 0 Å². The predicted molar refractivity (Wildman–Crippen MR) is 55.4 cm³/mol. The Morgan fingerprint density at radius 1 is 1.60 bits per heavy atom. The van der Waals surface area contributed by atoms with Crippen molar-refractivity contribution >= 4 is 5.78 Å². The van der Waals surface area contributed by atoms with Crippen LogP contribution in [0.15, 0.2) is 12.7 Å². The minimum Gasteiger partial charge on any atom is -0.371 e. The van der Waals surface area contributed by atoms with Gasteiger partial charge in [-0.1, -0.05) is 13.3 Å². The number of carbonyl (C=O) groups is 1. The monoisotopic (exact) mass is 211 g/mol. The van der Waals surface area contributed by atoms with Crippen LogP contribution in [0, 0.1) is 0 Å². The van der Waals surface area contributed by atoms with E-state index in [1.807, 2.05) is 0 Å². The number of hydrogen-bond donors (Lipinski definition) is 0. The van der Waals surface area contributed by atoms with Gasteiger partial charge >= 0.3 is 0 Å². The van der Waals surface area contributed by atoms with Gasteiger partial charge in [-0.2, -0.15) is 5.10 Å². The summed E-state index contributed by atoms with van der Waals surface area (Å²) < 4.78 is 6.88. The summed E-state index contributed by atoms with van der Waals surface area (Å²) in [5.74, 6) is 0.0246. The first kappa shape index (κ1) is 11.8. The first-order chi connectivity index (χ1) is 7.24. The van der Waals surface area contributed by atoms with E-state index in [1.54, 1.807) is 6.92 Å². The highest BCUT2D eigenvalue weighted by atomic mass is 16.5. The molecule has 0 N–H and O–H groups in total. The quantitative estimate of drug-likeness (QED) is 0.633. The highest BCUT2D eigenvalue weighted by Gasteiger charge is 2.13. The van der Waals surface area contributed by atoms with Crippen molar-refractivity contribution in [3.63, 3.8) is 0 Å². The fourth-order valence-corrected chi connectivity index (χ4v) is 1.10. The second-order valence-corrected chi connectivity index (χ2v) is 3.43. The molecule has 0 spiro atoms. The second kappa shape index (κ2) is 6.29. The summed E-state index contributed by atoms with van der Waals surface area (Å²) >= 11 is 0. The van der Waals surface area contributed by atoms with Crippen LogP contribution in [0.1, 0.15) is 26.7 Å². The van der Waals surface area contributed by atoms with E-state index in [4.69, 9.17) is 4.74 Å². The van der Waals surface area contributed by atoms with E-state index in [1.165, 1.54) is 17.3 Å². The number of rotatable bonds is 7. The number of ether oxygens (including phenoxy) is 1. The Labute approximate surface area is 89.5 Å². The highest BCUT2D eigenvalue weighted by Crippen LogP contribution is 1.98. The molecule has 0 bridgehead atoms. The molecule has 0 fully saturated rings. The first-order valence-electron chi connectivity index (χ1n) is 5.20. The molecule has 0 aromatic carbocycles. The molecule has 0 unspecified atom stereocenters. The predicted octanol–water partition coefficient (Wildman–Crippen LogP) is 1.05. The van der Waals surface area contributed by atoms with Crippen molar-refractivity contribution in [3.8, 4) is 0 Å². The third kappa shape index (κ3) is 4.20. The van der Waals surface area contributed by atoms with E-state index >= 15 is 0 Å². The topological polar surface area (TPSA) is 57.0 Å². The normalized spacial score (nSPS) is 12.7. The highest BCUT2D eigenvalue weighted by molar-refractivity contribution is 5.82. The molecule has 1 heterocycles. The van der Waals surface area contributed by atoms with Gasteiger partial charge in [0.05, 0.1) is 0 Å². The Hall–Kier alpha value is -1.23. The Kier molecular flexibility index (Phi) is 4.97. The van der Waals surface area contributed by atoms with Gasteiger partial charge in [-0.15, -0.1) is 0 Å². The maximum absolute atomic E-state index is 11.6. The number of Topliss-reactive ketones (excluding diaryl/α,β-unsaturated/α-hetero) is 1. The number of ketones is 1. The van der Waals surface area contributed by atoms with E-state index in [0.717, 1.165) is 12.8 Å². The summed E-state index contributed by atoms with van der Waals surface area (Å²) in [6.45, 7) is 4.73. The zero-order chi connectivity index (χ0) is 11.1. The SMILES string of the molecule is CCCCO[C@@H](C)C(=O)Cn1cncn1. The number of hydrogen-bond acceptors (Lipinski definition) is 4. The van der Waals surface area contributed by atoms with Gasteiger partial charge < -0.3 is 4.74 Å². The summed E-state index contributed by atoms with van der Waals surface area (Å²) in [5, 5.41) is 3.86. The summed E-state index contributed by atoms with van der Waals surface area (Å²) in [6.07, 6.45) is 4.64. The third-order valence-corrected chi connectivity index (χ3v) is 2.10. The number of carbonyl (C=O) groups excluding carboxylic acids is 1. The zero-order valence-corrected chi connectivity index (χ0v) is 9.22. The van der Waals surface area contributed by atoms with Crippen LogP contribution in [0.5, 0.6) is 0 Å². The van der Waals surface area contributed by atoms with Gasteiger partial charge in [0, 0.05) is 6.61 Å². The summed E-state index contributed by atoms with van der Waals surface area (Å²) in [7, 11) is 0. The van der Waals surface area contributed by atoms with Gasteiger partial charge in [0.1, 0.15) is 25.3 Å². The van der Waals surface area contributed by atoms with E-state index in [-0.39, 0.29) is 18.4 Å². The Morgan fingerprint density at radius 2 is 2.40 bits per heavy atom. The van der Waals surface area contributed by atoms with Crippen molar-refractivity contribution in [1.82, 2.24) is 14.8 Å². The van der Waals surface area contributed by atoms with Crippen LogP contribution in [-0.2, 0) is 16.1 Å². The van der Waals surface area contributed by atoms with E-state index in [2.05, 4.69) is 17.0 Å². The number of unbranched alkanes of at least 4 members (excludes halogenated alkanes) is 1. The molecular formula is C10H17N3O2. The maximum atomic E-state index is 11.6. The van der Waals surface area contributed by atoms with Crippen molar-refractivity contribution < 1.29 is 9.53 Å². The van der Waals surface area contributed by atoms with Crippen molar-refractivity contribution in [1.29, 1.82) is 0 Å². The molecule has 0 aliphatic heterocycles. The lowest BCUT2D eigenvalue weighted by Gasteiger charge is -2.11. The molecule has 1 aromatic rings. The summed E-state index contributed by atoms with van der Waals surface area (Å²) in [4.78, 5) is 15.4. The Balaban J connectivity index is 2.27. The van der Waals surface area contributed by atoms with Crippen LogP contribution in [0.3, 0.4) is 0 Å². The van der Waals surface area contributed by atoms with Gasteiger partial charge in [0.2, 0.25) is 0 Å². The Bertz CT molecular complexity index is 285. The average Bonchev–Trinajstić information content (AvgIpc) is 2.70. The molecule has 5 heteroatoms. The summed E-state index contributed by atoms with van der Waals surface area (Å²) in [5.41, 5.74) is 0. The smallest absolute Gasteiger partial charge is 0.182 e. The molecule has 5 nitrogen and oxygen atoms in total. The minimum absolute atomic E-state index is 0.0246. The van der Waals surface area contributed by atoms with Crippen LogP contribution in [0.4, 0.5) is 0 Å². The molecule has 0 amide bonds. The maximum Gasteiger partial charge on any atom is 0.182 e. The summed E-state index contributed by atoms with van der Waals surface area (Å²) in [6, 6.07) is 0. The van der Waals surface area contributed by atoms with Crippen molar-refractivity contribution in [2.45, 2.75) is 39.3 Å². The van der Waals surface area contributed by atoms with Crippen molar-refractivity contribution in [3.05, 3.63) is 12.7 Å². The lowest BCUT2D eigenvalue weighted by molar-refractivity contribution is -0.130. The molecule has 0 saturated heterocycles. The molecular weight excluding hydrogens is 194 g/mol. The number of nitrogens with zero attached hydrogens (tertiary/aromatic N) is 3. The minimum atomic E-state index is -0.360. The molecule has 1 atom stereocenters. The molecule has 15 heavy (non-hydrogen) atoms. The van der Waals surface area contributed by atoms with Crippen LogP contribution in [0.2, 0.25) is 0 Å². The lowest BCUT2D eigenvalue weighted by atomic mass is 10.2. The fourth-order valence-electron chi connectivity index (χ4n) is 1.10. The van der Waals surface area contributed by atoms with Gasteiger partial charge in [-0.25, -0.2) is 9.67 Å². The molecule has 0 saturated carbocycles. The zero-order valence-electron chi connectivity index (χ0n) is 9.22. The van der Waals surface area contributed by atoms with E-state index < -0.39 is 0 Å². The van der Waals surface area contributed by atoms with Crippen LogP contribution < -0.4 is 0 Å². The van der Waals surface area contributed by atoms with Crippen molar-refractivity contribution in [2.75, 3.05) is 6.61 Å². The van der Waals surface area contributed by atoms with Gasteiger partial charge in [0.25, 0.3) is 0 Å². The molecule has 0 aliphatic rings. The lowest BCUT2D eigenvalue weighted by Crippen LogP contribution is -2.25. The van der Waals surface area contributed by atoms with Gasteiger partial charge in [-0.3, -0.25) is 4.79 Å². The number of aromatic nitrogens is 3. The van der Waals surface area contributed by atoms with Crippen LogP contribution in [0.25, 0.3) is 0 Å². The fraction of sp³-hybridized carbons (Fsp3) is 0.700. The first-order valence-corrected chi connectivity index (χ1v) is 5.20. The van der Waals surface area contributed by atoms with Crippen LogP contribution >= 0.6 is 0 Å². The van der Waals surface area contributed by atoms with Crippen LogP contribution in [-0.4, -0.2) is 33.3 Å². The molecule has 1 rings (SSSR count). The Morgan fingerprint density at radius 3 is 3.00 bits per heavy atom. The van der Waals surface area contributed by atoms with Gasteiger partial charge in [-0.05, 0) is 13.3 Å². The van der Waals surface area contributed by atoms with E-state index in [9.17, 15) is 4.79 Å². The standard InChI is InChI=1S/C10H17N3O2/c1-3-4-5-15-9(2)10(14)6-13-8-11-7-12-13/h7-9H,3-6H2,1-2H3/t9-/m0/s1. The molecule has 0 radical (unpaired) electrons. The molecule has 0 aliphatic carbocycles. The third-order valence-electron chi connectivity index (χ3n) is 2.10. The molecule has 1 aromatic heterocycles.